The Morgan fingerprint density at radius 1 is 1.39 bits per heavy atom. The van der Waals surface area contributed by atoms with Crippen molar-refractivity contribution in [1.29, 1.82) is 0 Å². The quantitative estimate of drug-likeness (QED) is 0.832. The molecule has 1 aliphatic heterocycles. The summed E-state index contributed by atoms with van der Waals surface area (Å²) in [6.07, 6.45) is 1.83. The van der Waals surface area contributed by atoms with Crippen molar-refractivity contribution in [3.05, 3.63) is 35.6 Å². The Labute approximate surface area is 111 Å². The molecule has 1 aromatic rings. The summed E-state index contributed by atoms with van der Waals surface area (Å²) in [4.78, 5) is 14.4. The van der Waals surface area contributed by atoms with E-state index in [1.165, 1.54) is 24.3 Å². The Kier molecular flexibility index (Phi) is 3.91. The molecule has 1 unspecified atom stereocenters. The first-order valence-corrected chi connectivity index (χ1v) is 6.33. The first-order valence-electron chi connectivity index (χ1n) is 5.92. The molecule has 0 radical (unpaired) electrons. The van der Waals surface area contributed by atoms with Crippen LogP contribution in [0.5, 0.6) is 0 Å². The van der Waals surface area contributed by atoms with Gasteiger partial charge in [-0.3, -0.25) is 4.79 Å². The number of hydrogen-bond acceptors (Lipinski definition) is 2. The number of amides is 1. The minimum absolute atomic E-state index is 0.0871. The molecular weight excluding hydrogens is 251 g/mol. The monoisotopic (exact) mass is 266 g/mol. The summed E-state index contributed by atoms with van der Waals surface area (Å²) in [7, 11) is 0. The molecule has 0 saturated carbocycles. The van der Waals surface area contributed by atoms with E-state index in [4.69, 9.17) is 18.0 Å². The zero-order chi connectivity index (χ0) is 13.1. The zero-order valence-electron chi connectivity index (χ0n) is 9.93. The summed E-state index contributed by atoms with van der Waals surface area (Å²) in [5.41, 5.74) is 6.13. The highest BCUT2D eigenvalue weighted by atomic mass is 32.1. The van der Waals surface area contributed by atoms with Crippen LogP contribution >= 0.6 is 12.2 Å². The number of carbonyl (C=O) groups is 1. The molecule has 2 N–H and O–H groups in total. The van der Waals surface area contributed by atoms with Gasteiger partial charge in [-0.25, -0.2) is 4.39 Å². The van der Waals surface area contributed by atoms with E-state index in [2.05, 4.69) is 0 Å². The summed E-state index contributed by atoms with van der Waals surface area (Å²) in [6, 6.07) is 5.59. The molecule has 1 fully saturated rings. The van der Waals surface area contributed by atoms with Gasteiger partial charge >= 0.3 is 0 Å². The lowest BCUT2D eigenvalue weighted by Crippen LogP contribution is -2.43. The van der Waals surface area contributed by atoms with Crippen LogP contribution in [0.3, 0.4) is 0 Å². The highest BCUT2D eigenvalue weighted by Gasteiger charge is 2.25. The van der Waals surface area contributed by atoms with Gasteiger partial charge in [-0.2, -0.15) is 0 Å². The van der Waals surface area contributed by atoms with Crippen molar-refractivity contribution in [3.63, 3.8) is 0 Å². The van der Waals surface area contributed by atoms with Crippen LogP contribution in [0.1, 0.15) is 23.2 Å². The first kappa shape index (κ1) is 13.0. The van der Waals surface area contributed by atoms with Crippen LogP contribution in [0, 0.1) is 11.7 Å². The number of likely N-dealkylation sites (tertiary alicyclic amines) is 1. The van der Waals surface area contributed by atoms with Gasteiger partial charge in [0.15, 0.2) is 0 Å². The lowest BCUT2D eigenvalue weighted by molar-refractivity contribution is 0.0703. The SMILES string of the molecule is NC(=S)C1CCCN(C(=O)c2ccc(F)cc2)C1. The molecule has 1 atom stereocenters. The molecule has 5 heteroatoms. The van der Waals surface area contributed by atoms with E-state index in [0.29, 0.717) is 23.6 Å². The summed E-state index contributed by atoms with van der Waals surface area (Å²) >= 11 is 4.98. The number of hydrogen-bond donors (Lipinski definition) is 1. The predicted octanol–water partition coefficient (Wildman–Crippen LogP) is 1.96. The maximum absolute atomic E-state index is 12.8. The van der Waals surface area contributed by atoms with Gasteiger partial charge in [0.25, 0.3) is 5.91 Å². The molecular formula is C13H15FN2OS. The third-order valence-electron chi connectivity index (χ3n) is 3.20. The molecule has 2 rings (SSSR count). The number of rotatable bonds is 2. The number of halogens is 1. The van der Waals surface area contributed by atoms with E-state index >= 15 is 0 Å². The Balaban J connectivity index is 2.09. The van der Waals surface area contributed by atoms with Crippen LogP contribution in [-0.4, -0.2) is 28.9 Å². The number of nitrogens with zero attached hydrogens (tertiary/aromatic N) is 1. The first-order chi connectivity index (χ1) is 8.58. The van der Waals surface area contributed by atoms with Crippen molar-refractivity contribution in [2.75, 3.05) is 13.1 Å². The number of piperidine rings is 1. The molecule has 1 aliphatic rings. The van der Waals surface area contributed by atoms with Crippen LogP contribution in [0.4, 0.5) is 4.39 Å². The zero-order valence-corrected chi connectivity index (χ0v) is 10.8. The standard InChI is InChI=1S/C13H15FN2OS/c14-11-5-3-9(4-6-11)13(17)16-7-1-2-10(8-16)12(15)18/h3-6,10H,1-2,7-8H2,(H2,15,18). The summed E-state index contributed by atoms with van der Waals surface area (Å²) < 4.78 is 12.8. The van der Waals surface area contributed by atoms with E-state index in [9.17, 15) is 9.18 Å². The maximum atomic E-state index is 12.8. The third-order valence-corrected chi connectivity index (χ3v) is 3.54. The van der Waals surface area contributed by atoms with Crippen molar-refractivity contribution >= 4 is 23.1 Å². The lowest BCUT2D eigenvalue weighted by Gasteiger charge is -2.32. The number of nitrogens with two attached hydrogens (primary N) is 1. The topological polar surface area (TPSA) is 46.3 Å². The van der Waals surface area contributed by atoms with Crippen LogP contribution < -0.4 is 5.73 Å². The Morgan fingerprint density at radius 3 is 2.67 bits per heavy atom. The highest BCUT2D eigenvalue weighted by molar-refractivity contribution is 7.80. The fourth-order valence-electron chi connectivity index (χ4n) is 2.17. The van der Waals surface area contributed by atoms with Gasteiger partial charge in [-0.05, 0) is 37.1 Å². The molecule has 1 amide bonds. The van der Waals surface area contributed by atoms with E-state index in [1.54, 1.807) is 4.90 Å². The molecule has 0 bridgehead atoms. The predicted molar refractivity (Wildman–Crippen MR) is 71.8 cm³/mol. The van der Waals surface area contributed by atoms with Gasteiger partial charge in [0.2, 0.25) is 0 Å². The van der Waals surface area contributed by atoms with Crippen molar-refractivity contribution in [1.82, 2.24) is 4.90 Å². The summed E-state index contributed by atoms with van der Waals surface area (Å²) in [5.74, 6) is -0.333. The fourth-order valence-corrected chi connectivity index (χ4v) is 2.36. The minimum Gasteiger partial charge on any atom is -0.393 e. The van der Waals surface area contributed by atoms with E-state index < -0.39 is 0 Å². The average Bonchev–Trinajstić information content (AvgIpc) is 2.39. The molecule has 96 valence electrons. The molecule has 3 nitrogen and oxygen atoms in total. The maximum Gasteiger partial charge on any atom is 0.253 e. The van der Waals surface area contributed by atoms with Crippen LogP contribution in [0.25, 0.3) is 0 Å². The van der Waals surface area contributed by atoms with Gasteiger partial charge in [-0.1, -0.05) is 12.2 Å². The second-order valence-corrected chi connectivity index (χ2v) is 4.97. The second-order valence-electron chi connectivity index (χ2n) is 4.50. The molecule has 0 spiro atoms. The van der Waals surface area contributed by atoms with Gasteiger partial charge in [-0.15, -0.1) is 0 Å². The largest absolute Gasteiger partial charge is 0.393 e. The third kappa shape index (κ3) is 2.85. The molecule has 1 aromatic carbocycles. The minimum atomic E-state index is -0.341. The second kappa shape index (κ2) is 5.44. The average molecular weight is 266 g/mol. The normalized spacial score (nSPS) is 19.6. The highest BCUT2D eigenvalue weighted by Crippen LogP contribution is 2.19. The van der Waals surface area contributed by atoms with E-state index in [1.807, 2.05) is 0 Å². The van der Waals surface area contributed by atoms with Crippen LogP contribution in [0.2, 0.25) is 0 Å². The van der Waals surface area contributed by atoms with Crippen molar-refractivity contribution in [2.24, 2.45) is 11.7 Å². The van der Waals surface area contributed by atoms with Gasteiger partial charge in [0, 0.05) is 24.6 Å². The number of carbonyl (C=O) groups excluding carboxylic acids is 1. The van der Waals surface area contributed by atoms with Gasteiger partial charge < -0.3 is 10.6 Å². The van der Waals surface area contributed by atoms with Gasteiger partial charge in [0.1, 0.15) is 5.82 Å². The smallest absolute Gasteiger partial charge is 0.253 e. The van der Waals surface area contributed by atoms with Crippen molar-refractivity contribution in [3.8, 4) is 0 Å². The summed E-state index contributed by atoms with van der Waals surface area (Å²) in [6.45, 7) is 1.26. The van der Waals surface area contributed by atoms with Crippen LogP contribution in [0.15, 0.2) is 24.3 Å². The van der Waals surface area contributed by atoms with Crippen molar-refractivity contribution < 1.29 is 9.18 Å². The van der Waals surface area contributed by atoms with E-state index in [-0.39, 0.29) is 17.6 Å². The van der Waals surface area contributed by atoms with Crippen LogP contribution in [-0.2, 0) is 0 Å². The lowest BCUT2D eigenvalue weighted by atomic mass is 9.97. The number of benzene rings is 1. The summed E-state index contributed by atoms with van der Waals surface area (Å²) in [5, 5.41) is 0. The number of thiocarbonyl (C=S) groups is 1. The van der Waals surface area contributed by atoms with E-state index in [0.717, 1.165) is 12.8 Å². The Hall–Kier alpha value is -1.49. The van der Waals surface area contributed by atoms with Crippen molar-refractivity contribution in [2.45, 2.75) is 12.8 Å². The Morgan fingerprint density at radius 2 is 2.06 bits per heavy atom. The fraction of sp³-hybridized carbons (Fsp3) is 0.385. The molecule has 18 heavy (non-hydrogen) atoms. The Bertz CT molecular complexity index is 461. The van der Waals surface area contributed by atoms with Gasteiger partial charge in [0.05, 0.1) is 4.99 Å². The molecule has 1 heterocycles. The molecule has 0 aliphatic carbocycles. The molecule has 1 saturated heterocycles. The molecule has 0 aromatic heterocycles.